The van der Waals surface area contributed by atoms with E-state index in [0.717, 1.165) is 19.6 Å². The molecule has 0 radical (unpaired) electrons. The summed E-state index contributed by atoms with van der Waals surface area (Å²) < 4.78 is 20.2. The third-order valence-electron chi connectivity index (χ3n) is 8.76. The average molecular weight is 748 g/mol. The SMILES string of the molecule is COc1cc(C(N)=O)cc2nc(C(=O)CCC(=O)O)n(C/C=C/Cn3c(C(=O)CCC(=O)O)nc4cc(C(N)=O)cc(OCCCN5CCOCC5)c43)c12. The molecule has 18 heteroatoms. The fourth-order valence-electron chi connectivity index (χ4n) is 6.11. The maximum Gasteiger partial charge on any atom is 0.303 e. The highest BCUT2D eigenvalue weighted by Crippen LogP contribution is 2.31. The highest BCUT2D eigenvalue weighted by atomic mass is 16.5. The van der Waals surface area contributed by atoms with Crippen molar-refractivity contribution in [1.29, 1.82) is 0 Å². The van der Waals surface area contributed by atoms with E-state index in [1.807, 2.05) is 0 Å². The molecular formula is C36H41N7O11. The zero-order chi connectivity index (χ0) is 38.9. The first-order chi connectivity index (χ1) is 25.9. The van der Waals surface area contributed by atoms with E-state index in [1.165, 1.54) is 35.9 Å². The minimum absolute atomic E-state index is 0.0164. The Hall–Kier alpha value is -6.14. The zero-order valence-electron chi connectivity index (χ0n) is 29.6. The van der Waals surface area contributed by atoms with Gasteiger partial charge in [0.2, 0.25) is 11.8 Å². The summed E-state index contributed by atoms with van der Waals surface area (Å²) >= 11 is 0. The standard InChI is InChI=1S/C36H41N7O11/c1-52-27-19-21(33(37)50)17-23-31(27)42(35(39-23)25(44)5-7-29(46)47)10-2-3-11-43-32-24(40-36(43)26(45)6-8-30(48)49)18-22(34(38)51)20-28(32)54-14-4-9-41-12-15-53-16-13-41/h2-3,17-20H,4-16H2,1H3,(H2,37,50)(H2,38,51)(H,46,47)(H,48,49)/b3-2+. The number of rotatable bonds is 20. The van der Waals surface area contributed by atoms with Crippen LogP contribution in [0.25, 0.3) is 22.1 Å². The molecule has 18 nitrogen and oxygen atoms in total. The van der Waals surface area contributed by atoms with Crippen molar-refractivity contribution >= 4 is 57.4 Å². The van der Waals surface area contributed by atoms with Gasteiger partial charge in [0.05, 0.1) is 50.8 Å². The first-order valence-corrected chi connectivity index (χ1v) is 17.2. The summed E-state index contributed by atoms with van der Waals surface area (Å²) in [7, 11) is 1.37. The number of hydrogen-bond acceptors (Lipinski definition) is 12. The average Bonchev–Trinajstić information content (AvgIpc) is 3.71. The third kappa shape index (κ3) is 9.25. The van der Waals surface area contributed by atoms with Gasteiger partial charge in [-0.1, -0.05) is 12.2 Å². The molecule has 5 rings (SSSR count). The van der Waals surface area contributed by atoms with Gasteiger partial charge < -0.3 is 45.0 Å². The maximum atomic E-state index is 13.4. The van der Waals surface area contributed by atoms with Crippen LogP contribution in [0.1, 0.15) is 74.1 Å². The molecule has 0 saturated carbocycles. The Morgan fingerprint density at radius 2 is 1.24 bits per heavy atom. The summed E-state index contributed by atoms with van der Waals surface area (Å²) in [6.45, 7) is 3.95. The molecule has 1 saturated heterocycles. The second-order valence-corrected chi connectivity index (χ2v) is 12.5. The lowest BCUT2D eigenvalue weighted by atomic mass is 10.1. The molecule has 0 unspecified atom stereocenters. The van der Waals surface area contributed by atoms with E-state index in [1.54, 1.807) is 16.7 Å². The molecule has 286 valence electrons. The number of nitrogens with zero attached hydrogens (tertiary/aromatic N) is 5. The van der Waals surface area contributed by atoms with Crippen molar-refractivity contribution in [3.8, 4) is 11.5 Å². The number of nitrogens with two attached hydrogens (primary N) is 2. The number of morpholine rings is 1. The topological polar surface area (TPSA) is 261 Å². The van der Waals surface area contributed by atoms with Crippen LogP contribution in [0.5, 0.6) is 11.5 Å². The second-order valence-electron chi connectivity index (χ2n) is 12.5. The van der Waals surface area contributed by atoms with Crippen molar-refractivity contribution in [2.75, 3.05) is 46.6 Å². The van der Waals surface area contributed by atoms with E-state index in [4.69, 9.17) is 25.7 Å². The number of fused-ring (bicyclic) bond motifs is 2. The number of aliphatic carboxylic acids is 2. The van der Waals surface area contributed by atoms with Gasteiger partial charge in [-0.05, 0) is 30.7 Å². The minimum Gasteiger partial charge on any atom is -0.494 e. The molecule has 4 aromatic rings. The van der Waals surface area contributed by atoms with E-state index in [-0.39, 0.29) is 77.8 Å². The van der Waals surface area contributed by atoms with Gasteiger partial charge in [0.25, 0.3) is 0 Å². The molecule has 0 atom stereocenters. The van der Waals surface area contributed by atoms with Gasteiger partial charge in [0, 0.05) is 56.7 Å². The number of amides is 2. The number of allylic oxidation sites excluding steroid dienone is 2. The molecule has 1 aliphatic rings. The van der Waals surface area contributed by atoms with Crippen LogP contribution in [0.15, 0.2) is 36.4 Å². The summed E-state index contributed by atoms with van der Waals surface area (Å²) in [6.07, 6.45) is 2.48. The van der Waals surface area contributed by atoms with Crippen LogP contribution in [0.4, 0.5) is 0 Å². The molecule has 0 bridgehead atoms. The second kappa shape index (κ2) is 17.6. The Morgan fingerprint density at radius 1 is 0.759 bits per heavy atom. The largest absolute Gasteiger partial charge is 0.494 e. The minimum atomic E-state index is -1.16. The monoisotopic (exact) mass is 747 g/mol. The highest BCUT2D eigenvalue weighted by Gasteiger charge is 2.24. The highest BCUT2D eigenvalue weighted by molar-refractivity contribution is 6.03. The van der Waals surface area contributed by atoms with Crippen molar-refractivity contribution in [2.24, 2.45) is 11.5 Å². The molecule has 2 amide bonds. The van der Waals surface area contributed by atoms with Crippen molar-refractivity contribution in [3.63, 3.8) is 0 Å². The first kappa shape index (κ1) is 39.1. The van der Waals surface area contributed by atoms with Gasteiger partial charge in [-0.25, -0.2) is 9.97 Å². The van der Waals surface area contributed by atoms with Gasteiger partial charge in [0.15, 0.2) is 23.2 Å². The number of imidazole rings is 2. The number of Topliss-reactive ketones (excluding diaryl/α,β-unsaturated/α-hetero) is 2. The van der Waals surface area contributed by atoms with Crippen LogP contribution in [0.2, 0.25) is 0 Å². The number of primary amides is 2. The fourth-order valence-corrected chi connectivity index (χ4v) is 6.11. The Kier molecular flexibility index (Phi) is 12.7. The van der Waals surface area contributed by atoms with Crippen LogP contribution in [-0.2, 0) is 27.4 Å². The Labute approximate surface area is 308 Å². The van der Waals surface area contributed by atoms with Crippen molar-refractivity contribution < 1.29 is 53.2 Å². The van der Waals surface area contributed by atoms with Crippen molar-refractivity contribution in [1.82, 2.24) is 24.0 Å². The van der Waals surface area contributed by atoms with E-state index in [2.05, 4.69) is 14.9 Å². The van der Waals surface area contributed by atoms with Gasteiger partial charge in [-0.15, -0.1) is 0 Å². The predicted octanol–water partition coefficient (Wildman–Crippen LogP) is 2.04. The third-order valence-corrected chi connectivity index (χ3v) is 8.76. The molecule has 2 aromatic heterocycles. The van der Waals surface area contributed by atoms with Crippen LogP contribution in [-0.4, -0.2) is 116 Å². The van der Waals surface area contributed by atoms with Gasteiger partial charge >= 0.3 is 11.9 Å². The summed E-state index contributed by atoms with van der Waals surface area (Å²) in [6, 6.07) is 5.73. The summed E-state index contributed by atoms with van der Waals surface area (Å²) in [5.41, 5.74) is 12.5. The van der Waals surface area contributed by atoms with Crippen LogP contribution < -0.4 is 20.9 Å². The number of ether oxygens (including phenoxy) is 3. The zero-order valence-corrected chi connectivity index (χ0v) is 29.6. The molecule has 3 heterocycles. The molecule has 1 aliphatic heterocycles. The Bertz CT molecular complexity index is 2130. The van der Waals surface area contributed by atoms with E-state index in [9.17, 15) is 39.0 Å². The van der Waals surface area contributed by atoms with Gasteiger partial charge in [-0.3, -0.25) is 33.7 Å². The van der Waals surface area contributed by atoms with E-state index in [0.29, 0.717) is 30.7 Å². The van der Waals surface area contributed by atoms with Crippen LogP contribution in [0.3, 0.4) is 0 Å². The van der Waals surface area contributed by atoms with E-state index < -0.39 is 48.2 Å². The summed E-state index contributed by atoms with van der Waals surface area (Å²) in [5, 5.41) is 18.4. The van der Waals surface area contributed by atoms with Gasteiger partial charge in [-0.2, -0.15) is 0 Å². The molecule has 1 fully saturated rings. The Morgan fingerprint density at radius 3 is 1.70 bits per heavy atom. The molecule has 54 heavy (non-hydrogen) atoms. The van der Waals surface area contributed by atoms with Crippen LogP contribution >= 0.6 is 0 Å². The van der Waals surface area contributed by atoms with Crippen LogP contribution in [0, 0.1) is 0 Å². The first-order valence-electron chi connectivity index (χ1n) is 17.2. The normalized spacial score (nSPS) is 13.4. The smallest absolute Gasteiger partial charge is 0.303 e. The molecule has 0 aliphatic carbocycles. The number of carbonyl (C=O) groups is 6. The lowest BCUT2D eigenvalue weighted by Crippen LogP contribution is -2.37. The Balaban J connectivity index is 1.51. The summed E-state index contributed by atoms with van der Waals surface area (Å²) in [5.74, 6) is -4.59. The number of carboxylic acids is 2. The van der Waals surface area contributed by atoms with Gasteiger partial charge in [0.1, 0.15) is 22.5 Å². The van der Waals surface area contributed by atoms with Crippen molar-refractivity contribution in [3.05, 3.63) is 59.2 Å². The lowest BCUT2D eigenvalue weighted by Gasteiger charge is -2.26. The number of ketones is 2. The summed E-state index contributed by atoms with van der Waals surface area (Å²) in [4.78, 5) is 84.6. The fraction of sp³-hybridized carbons (Fsp3) is 0.389. The van der Waals surface area contributed by atoms with E-state index >= 15 is 0 Å². The maximum absolute atomic E-state index is 13.4. The number of benzene rings is 2. The molecule has 6 N–H and O–H groups in total. The molecular weight excluding hydrogens is 706 g/mol. The molecule has 0 spiro atoms. The lowest BCUT2D eigenvalue weighted by molar-refractivity contribution is -0.137. The quantitative estimate of drug-likeness (QED) is 0.0573. The number of methoxy groups -OCH3 is 1. The predicted molar refractivity (Wildman–Crippen MR) is 192 cm³/mol. The number of aromatic nitrogens is 4. The van der Waals surface area contributed by atoms with Crippen molar-refractivity contribution in [2.45, 2.75) is 45.2 Å². The number of carbonyl (C=O) groups excluding carboxylic acids is 4. The molecule has 2 aromatic carbocycles. The number of hydrogen-bond donors (Lipinski definition) is 4. The number of carboxylic acid groups (broad SMARTS) is 2.